The summed E-state index contributed by atoms with van der Waals surface area (Å²) < 4.78 is 10.3. The molecule has 3 fully saturated rings. The molecule has 1 aromatic carbocycles. The summed E-state index contributed by atoms with van der Waals surface area (Å²) >= 11 is 5.34. The Balaban J connectivity index is 1.26. The third-order valence-electron chi connectivity index (χ3n) is 5.88. The smallest absolute Gasteiger partial charge is 0.414 e. The zero-order chi connectivity index (χ0) is 22.7. The van der Waals surface area contributed by atoms with Gasteiger partial charge < -0.3 is 24.6 Å². The molecule has 1 saturated carbocycles. The van der Waals surface area contributed by atoms with Gasteiger partial charge >= 0.3 is 12.1 Å². The van der Waals surface area contributed by atoms with E-state index in [9.17, 15) is 14.4 Å². The zero-order valence-corrected chi connectivity index (χ0v) is 18.9. The lowest BCUT2D eigenvalue weighted by Crippen LogP contribution is -2.49. The summed E-state index contributed by atoms with van der Waals surface area (Å²) in [6.45, 7) is 4.61. The highest BCUT2D eigenvalue weighted by atomic mass is 32.1. The van der Waals surface area contributed by atoms with Crippen molar-refractivity contribution in [2.24, 2.45) is 5.92 Å². The number of nitrogens with one attached hydrogen (secondary N) is 1. The number of carbonyl (C=O) groups excluding carboxylic acids is 3. The number of carbonyl (C=O) groups is 3. The molecule has 1 N–H and O–H groups in total. The van der Waals surface area contributed by atoms with Crippen LogP contribution in [0.1, 0.15) is 19.8 Å². The van der Waals surface area contributed by atoms with Crippen molar-refractivity contribution < 1.29 is 23.9 Å². The van der Waals surface area contributed by atoms with E-state index in [1.54, 1.807) is 9.80 Å². The molecular formula is C22H28N4O5S. The highest BCUT2D eigenvalue weighted by Crippen LogP contribution is 2.30. The average molecular weight is 461 g/mol. The number of thiocarbonyl (C=S) groups is 1. The van der Waals surface area contributed by atoms with E-state index in [1.165, 1.54) is 6.92 Å². The van der Waals surface area contributed by atoms with Crippen LogP contribution in [0.15, 0.2) is 24.3 Å². The van der Waals surface area contributed by atoms with Gasteiger partial charge in [-0.3, -0.25) is 14.5 Å². The summed E-state index contributed by atoms with van der Waals surface area (Å²) in [7, 11) is 0. The maximum Gasteiger partial charge on any atom is 0.414 e. The van der Waals surface area contributed by atoms with Crippen LogP contribution in [0.5, 0.6) is 0 Å². The molecule has 1 aromatic rings. The van der Waals surface area contributed by atoms with Gasteiger partial charge in [0.15, 0.2) is 6.61 Å². The minimum absolute atomic E-state index is 0.176. The number of piperazine rings is 1. The Labute approximate surface area is 192 Å². The van der Waals surface area contributed by atoms with Gasteiger partial charge in [0.25, 0.3) is 5.91 Å². The Kier molecular flexibility index (Phi) is 6.78. The summed E-state index contributed by atoms with van der Waals surface area (Å²) in [5.41, 5.74) is 1.82. The standard InChI is InChI=1S/C22H28N4O5S/c1-15(27)30-14-20(28)25-10-8-24(9-11-25)17-4-6-18(7-5-17)26-13-19(31-22(26)29)12-23-21(32)16-2-3-16/h4-7,16,19H,2-3,8-14H2,1H3,(H,23,32)/t19-/m0/s1. The molecule has 0 aromatic heterocycles. The second kappa shape index (κ2) is 9.72. The lowest BCUT2D eigenvalue weighted by molar-refractivity contribution is -0.150. The first-order chi connectivity index (χ1) is 15.4. The predicted octanol–water partition coefficient (Wildman–Crippen LogP) is 1.55. The van der Waals surface area contributed by atoms with Gasteiger partial charge in [-0.15, -0.1) is 0 Å². The van der Waals surface area contributed by atoms with Crippen LogP contribution in [0.2, 0.25) is 0 Å². The largest absolute Gasteiger partial charge is 0.456 e. The molecule has 2 heterocycles. The zero-order valence-electron chi connectivity index (χ0n) is 18.1. The Bertz CT molecular complexity index is 881. The maximum atomic E-state index is 12.3. The monoisotopic (exact) mass is 460 g/mol. The van der Waals surface area contributed by atoms with Gasteiger partial charge in [-0.25, -0.2) is 4.79 Å². The van der Waals surface area contributed by atoms with Gasteiger partial charge in [-0.1, -0.05) is 12.2 Å². The van der Waals surface area contributed by atoms with Crippen LogP contribution >= 0.6 is 12.2 Å². The number of cyclic esters (lactones) is 1. The van der Waals surface area contributed by atoms with Crippen LogP contribution in [-0.2, 0) is 19.1 Å². The van der Waals surface area contributed by atoms with Crippen molar-refractivity contribution in [3.8, 4) is 0 Å². The van der Waals surface area contributed by atoms with E-state index in [1.807, 2.05) is 24.3 Å². The lowest BCUT2D eigenvalue weighted by Gasteiger charge is -2.36. The molecular weight excluding hydrogens is 432 g/mol. The van der Waals surface area contributed by atoms with E-state index >= 15 is 0 Å². The van der Waals surface area contributed by atoms with Gasteiger partial charge in [-0.2, -0.15) is 0 Å². The fourth-order valence-electron chi connectivity index (χ4n) is 3.86. The molecule has 2 aliphatic heterocycles. The van der Waals surface area contributed by atoms with E-state index in [2.05, 4.69) is 10.2 Å². The molecule has 1 aliphatic carbocycles. The molecule has 2 amide bonds. The molecule has 3 aliphatic rings. The van der Waals surface area contributed by atoms with Crippen LogP contribution in [0.3, 0.4) is 0 Å². The molecule has 172 valence electrons. The molecule has 2 saturated heterocycles. The van der Waals surface area contributed by atoms with Crippen molar-refractivity contribution in [3.63, 3.8) is 0 Å². The number of ether oxygens (including phenoxy) is 2. The van der Waals surface area contributed by atoms with Crippen LogP contribution in [0, 0.1) is 5.92 Å². The summed E-state index contributed by atoms with van der Waals surface area (Å²) in [6, 6.07) is 7.79. The Morgan fingerprint density at radius 1 is 1.12 bits per heavy atom. The number of hydrogen-bond donors (Lipinski definition) is 1. The van der Waals surface area contributed by atoms with Gasteiger partial charge in [0, 0.05) is 50.4 Å². The van der Waals surface area contributed by atoms with E-state index in [0.29, 0.717) is 45.2 Å². The van der Waals surface area contributed by atoms with Crippen LogP contribution in [-0.4, -0.2) is 79.8 Å². The summed E-state index contributed by atoms with van der Waals surface area (Å²) in [5, 5.41) is 3.22. The first-order valence-electron chi connectivity index (χ1n) is 10.9. The molecule has 9 nitrogen and oxygen atoms in total. The normalized spacial score (nSPS) is 20.7. The highest BCUT2D eigenvalue weighted by Gasteiger charge is 2.33. The van der Waals surface area contributed by atoms with Crippen molar-refractivity contribution in [2.75, 3.05) is 55.7 Å². The van der Waals surface area contributed by atoms with Gasteiger partial charge in [0.1, 0.15) is 6.10 Å². The van der Waals surface area contributed by atoms with E-state index in [0.717, 1.165) is 29.2 Å². The first kappa shape index (κ1) is 22.3. The molecule has 1 atom stereocenters. The topological polar surface area (TPSA) is 91.4 Å². The number of hydrogen-bond acceptors (Lipinski definition) is 7. The van der Waals surface area contributed by atoms with Crippen molar-refractivity contribution in [2.45, 2.75) is 25.9 Å². The maximum absolute atomic E-state index is 12.3. The van der Waals surface area contributed by atoms with Crippen LogP contribution in [0.4, 0.5) is 16.2 Å². The predicted molar refractivity (Wildman–Crippen MR) is 123 cm³/mol. The van der Waals surface area contributed by atoms with Crippen molar-refractivity contribution in [1.82, 2.24) is 10.2 Å². The lowest BCUT2D eigenvalue weighted by atomic mass is 10.2. The highest BCUT2D eigenvalue weighted by molar-refractivity contribution is 7.80. The average Bonchev–Trinajstić information content (AvgIpc) is 3.58. The SMILES string of the molecule is CC(=O)OCC(=O)N1CCN(c2ccc(N3C[C@H](CNC(=S)C4CC4)OC3=O)cc2)CC1. The second-order valence-corrected chi connectivity index (χ2v) is 8.74. The van der Waals surface area contributed by atoms with Crippen LogP contribution < -0.4 is 15.1 Å². The molecule has 10 heteroatoms. The minimum atomic E-state index is -0.455. The third-order valence-corrected chi connectivity index (χ3v) is 6.36. The van der Waals surface area contributed by atoms with E-state index < -0.39 is 5.97 Å². The molecule has 32 heavy (non-hydrogen) atoms. The van der Waals surface area contributed by atoms with Gasteiger partial charge in [0.2, 0.25) is 0 Å². The number of benzene rings is 1. The number of esters is 1. The minimum Gasteiger partial charge on any atom is -0.456 e. The fourth-order valence-corrected chi connectivity index (χ4v) is 4.17. The molecule has 0 bridgehead atoms. The Hall–Kier alpha value is -2.88. The van der Waals surface area contributed by atoms with Gasteiger partial charge in [-0.05, 0) is 37.1 Å². The van der Waals surface area contributed by atoms with Crippen molar-refractivity contribution >= 4 is 46.6 Å². The Morgan fingerprint density at radius 3 is 2.41 bits per heavy atom. The van der Waals surface area contributed by atoms with Gasteiger partial charge in [0.05, 0.1) is 18.1 Å². The summed E-state index contributed by atoms with van der Waals surface area (Å²) in [4.78, 5) is 41.7. The second-order valence-electron chi connectivity index (χ2n) is 8.30. The number of anilines is 2. The Morgan fingerprint density at radius 2 is 1.78 bits per heavy atom. The number of amides is 2. The number of rotatable bonds is 7. The van der Waals surface area contributed by atoms with Crippen molar-refractivity contribution in [3.05, 3.63) is 24.3 Å². The summed E-state index contributed by atoms with van der Waals surface area (Å²) in [6.07, 6.45) is 1.72. The third kappa shape index (κ3) is 5.48. The summed E-state index contributed by atoms with van der Waals surface area (Å²) in [5.74, 6) is -0.132. The molecule has 0 spiro atoms. The fraction of sp³-hybridized carbons (Fsp3) is 0.545. The molecule has 0 radical (unpaired) electrons. The van der Waals surface area contributed by atoms with Crippen molar-refractivity contribution in [1.29, 1.82) is 0 Å². The molecule has 4 rings (SSSR count). The first-order valence-corrected chi connectivity index (χ1v) is 11.3. The quantitative estimate of drug-likeness (QED) is 0.484. The molecule has 0 unspecified atom stereocenters. The van der Waals surface area contributed by atoms with Crippen LogP contribution in [0.25, 0.3) is 0 Å². The van der Waals surface area contributed by atoms with E-state index in [4.69, 9.17) is 21.7 Å². The number of nitrogens with zero attached hydrogens (tertiary/aromatic N) is 3. The van der Waals surface area contributed by atoms with E-state index in [-0.39, 0.29) is 24.7 Å².